The molecule has 0 aliphatic rings. The topological polar surface area (TPSA) is 21.3 Å². The van der Waals surface area contributed by atoms with Crippen LogP contribution < -0.4 is 4.90 Å². The van der Waals surface area contributed by atoms with Crippen LogP contribution in [0.15, 0.2) is 247 Å². The minimum absolute atomic E-state index is 0.171. The third-order valence-corrected chi connectivity index (χ3v) is 12.1. The van der Waals surface area contributed by atoms with Gasteiger partial charge in [0, 0.05) is 49.9 Å². The van der Waals surface area contributed by atoms with E-state index < -0.39 is 6.04 Å². The summed E-state index contributed by atoms with van der Waals surface area (Å²) in [7, 11) is 0. The monoisotopic (exact) mass is 809 g/mol. The van der Waals surface area contributed by atoms with E-state index in [0.717, 1.165) is 89.1 Å². The van der Waals surface area contributed by atoms with Crippen molar-refractivity contribution in [1.82, 2.24) is 4.57 Å². The van der Waals surface area contributed by atoms with Crippen LogP contribution in [-0.2, 0) is 0 Å². The largest absolute Gasteiger partial charge is 0.455 e. The van der Waals surface area contributed by atoms with Crippen molar-refractivity contribution in [3.05, 3.63) is 243 Å². The normalized spacial score (nSPS) is 12.6. The molecule has 0 radical (unpaired) electrons. The Bertz CT molecular complexity index is 3850. The molecule has 0 fully saturated rings. The van der Waals surface area contributed by atoms with E-state index >= 15 is 0 Å². The van der Waals surface area contributed by atoms with Crippen LogP contribution in [0.2, 0.25) is 0 Å². The highest BCUT2D eigenvalue weighted by atomic mass is 16.3. The summed E-state index contributed by atoms with van der Waals surface area (Å²) in [5, 5.41) is 4.53. The number of furan rings is 1. The van der Waals surface area contributed by atoms with Gasteiger partial charge in [0.05, 0.1) is 17.9 Å². The maximum atomic E-state index is 8.62. The van der Waals surface area contributed by atoms with Crippen LogP contribution in [0.3, 0.4) is 0 Å². The Morgan fingerprint density at radius 1 is 0.365 bits per heavy atom. The number of hydrogen-bond donors (Lipinski definition) is 0. The van der Waals surface area contributed by atoms with Gasteiger partial charge in [-0.15, -0.1) is 0 Å². The first-order valence-electron chi connectivity index (χ1n) is 23.6. The second-order valence-electron chi connectivity index (χ2n) is 15.8. The molecule has 0 N–H and O–H groups in total. The fourth-order valence-corrected chi connectivity index (χ4v) is 9.05. The standard InChI is InChI=1S/C60H40N2O/c1-4-13-41(14-5-1)42-23-31-49(32-24-42)61(50-33-25-43(26-34-50)46-30-38-59-56(39-46)55-21-12-20-52(60(55)63-59)45-15-6-2-7-16-45)51-35-27-44(28-36-51)47-29-37-54-53-19-10-11-22-57(53)62(58(54)40-47)48-17-8-3-9-18-48/h1-40H/i1D,4D,5D,13D,14D. The van der Waals surface area contributed by atoms with Crippen molar-refractivity contribution in [2.45, 2.75) is 0 Å². The van der Waals surface area contributed by atoms with E-state index in [0.29, 0.717) is 5.56 Å². The first-order valence-corrected chi connectivity index (χ1v) is 21.1. The lowest BCUT2D eigenvalue weighted by Gasteiger charge is -2.26. The zero-order valence-corrected chi connectivity index (χ0v) is 34.0. The van der Waals surface area contributed by atoms with Crippen molar-refractivity contribution < 1.29 is 11.3 Å². The number of nitrogens with zero attached hydrogens (tertiary/aromatic N) is 2. The molecule has 2 heterocycles. The van der Waals surface area contributed by atoms with Gasteiger partial charge in [-0.2, -0.15) is 0 Å². The summed E-state index contributed by atoms with van der Waals surface area (Å²) in [6.45, 7) is 0. The summed E-state index contributed by atoms with van der Waals surface area (Å²) >= 11 is 0. The second-order valence-corrected chi connectivity index (χ2v) is 15.8. The van der Waals surface area contributed by atoms with E-state index in [9.17, 15) is 0 Å². The lowest BCUT2D eigenvalue weighted by Crippen LogP contribution is -2.09. The average Bonchev–Trinajstić information content (AvgIpc) is 3.94. The number of hydrogen-bond acceptors (Lipinski definition) is 2. The molecule has 10 aromatic carbocycles. The van der Waals surface area contributed by atoms with Gasteiger partial charge < -0.3 is 13.9 Å². The second kappa shape index (κ2) is 15.3. The fraction of sp³-hybridized carbons (Fsp3) is 0. The highest BCUT2D eigenvalue weighted by molar-refractivity contribution is 6.11. The molecule has 0 aliphatic carbocycles. The highest BCUT2D eigenvalue weighted by Gasteiger charge is 2.17. The maximum Gasteiger partial charge on any atom is 0.143 e. The van der Waals surface area contributed by atoms with Gasteiger partial charge in [0.2, 0.25) is 0 Å². The number of rotatable bonds is 8. The molecule has 0 amide bonds. The van der Waals surface area contributed by atoms with Crippen molar-refractivity contribution in [1.29, 1.82) is 0 Å². The Kier molecular flexibility index (Phi) is 7.62. The Morgan fingerprint density at radius 3 is 1.59 bits per heavy atom. The smallest absolute Gasteiger partial charge is 0.143 e. The van der Waals surface area contributed by atoms with Crippen molar-refractivity contribution in [3.63, 3.8) is 0 Å². The fourth-order valence-electron chi connectivity index (χ4n) is 9.05. The zero-order valence-electron chi connectivity index (χ0n) is 39.0. The number of anilines is 3. The summed E-state index contributed by atoms with van der Waals surface area (Å²) in [6, 6.07) is 71.7. The molecule has 0 saturated carbocycles. The highest BCUT2D eigenvalue weighted by Crippen LogP contribution is 2.41. The Morgan fingerprint density at radius 2 is 0.905 bits per heavy atom. The molecular weight excluding hydrogens is 765 g/mol. The third kappa shape index (κ3) is 6.46. The molecule has 0 aliphatic heterocycles. The quantitative estimate of drug-likeness (QED) is 0.152. The van der Waals surface area contributed by atoms with Crippen LogP contribution in [0.4, 0.5) is 17.1 Å². The molecule has 296 valence electrons. The van der Waals surface area contributed by atoms with Crippen molar-refractivity contribution in [3.8, 4) is 50.2 Å². The number of benzene rings is 10. The van der Waals surface area contributed by atoms with Gasteiger partial charge in [0.25, 0.3) is 0 Å². The molecule has 3 nitrogen and oxygen atoms in total. The minimum atomic E-state index is -0.410. The average molecular weight is 810 g/mol. The van der Waals surface area contributed by atoms with Gasteiger partial charge in [-0.05, 0) is 112 Å². The Hall–Kier alpha value is -8.40. The minimum Gasteiger partial charge on any atom is -0.455 e. The van der Waals surface area contributed by atoms with Gasteiger partial charge in [0.15, 0.2) is 0 Å². The predicted molar refractivity (Wildman–Crippen MR) is 264 cm³/mol. The number of fused-ring (bicyclic) bond motifs is 6. The SMILES string of the molecule is [2H]c1c([2H])c([2H])c(-c2ccc(N(c3ccc(-c4ccc5oc6c(-c7ccccc7)cccc6c5c4)cc3)c3ccc(-c4ccc5c6ccccc6n(-c6ccccc6)c5c4)cc3)cc2)c([2H])c1[2H]. The molecule has 2 aromatic heterocycles. The van der Waals surface area contributed by atoms with Crippen molar-refractivity contribution in [2.24, 2.45) is 0 Å². The van der Waals surface area contributed by atoms with Crippen molar-refractivity contribution in [2.75, 3.05) is 4.90 Å². The molecule has 0 unspecified atom stereocenters. The van der Waals surface area contributed by atoms with Crippen LogP contribution in [0.1, 0.15) is 6.85 Å². The predicted octanol–water partition coefficient (Wildman–Crippen LogP) is 16.8. The van der Waals surface area contributed by atoms with Crippen LogP contribution >= 0.6 is 0 Å². The summed E-state index contributed by atoms with van der Waals surface area (Å²) in [5.74, 6) is 0. The molecule has 12 rings (SSSR count). The van der Waals surface area contributed by atoms with E-state index in [2.05, 4.69) is 173 Å². The Balaban J connectivity index is 0.932. The molecule has 0 saturated heterocycles. The maximum absolute atomic E-state index is 8.62. The van der Waals surface area contributed by atoms with E-state index in [1.807, 2.05) is 48.5 Å². The van der Waals surface area contributed by atoms with E-state index in [-0.39, 0.29) is 29.7 Å². The number of para-hydroxylation sites is 3. The van der Waals surface area contributed by atoms with Gasteiger partial charge >= 0.3 is 0 Å². The van der Waals surface area contributed by atoms with Crippen LogP contribution in [0, 0.1) is 0 Å². The van der Waals surface area contributed by atoms with Crippen LogP contribution in [0.5, 0.6) is 0 Å². The summed E-state index contributed by atoms with van der Waals surface area (Å²) in [5.41, 5.74) is 15.0. The van der Waals surface area contributed by atoms with Gasteiger partial charge in [-0.1, -0.05) is 170 Å². The third-order valence-electron chi connectivity index (χ3n) is 12.1. The zero-order chi connectivity index (χ0) is 46.0. The van der Waals surface area contributed by atoms with Gasteiger partial charge in [-0.25, -0.2) is 0 Å². The van der Waals surface area contributed by atoms with Gasteiger partial charge in [0.1, 0.15) is 11.2 Å². The lowest BCUT2D eigenvalue weighted by atomic mass is 10.00. The van der Waals surface area contributed by atoms with Gasteiger partial charge in [-0.3, -0.25) is 0 Å². The van der Waals surface area contributed by atoms with Crippen LogP contribution in [-0.4, -0.2) is 4.57 Å². The van der Waals surface area contributed by atoms with E-state index in [1.165, 1.54) is 10.8 Å². The van der Waals surface area contributed by atoms with E-state index in [1.54, 1.807) is 0 Å². The molecule has 0 spiro atoms. The summed E-state index contributed by atoms with van der Waals surface area (Å²) in [4.78, 5) is 2.17. The molecule has 0 bridgehead atoms. The molecule has 3 heteroatoms. The summed E-state index contributed by atoms with van der Waals surface area (Å²) < 4.78 is 50.7. The lowest BCUT2D eigenvalue weighted by molar-refractivity contribution is 0.670. The molecule has 0 atom stereocenters. The molecule has 12 aromatic rings. The molecule has 63 heavy (non-hydrogen) atoms. The van der Waals surface area contributed by atoms with E-state index in [4.69, 9.17) is 11.3 Å². The summed E-state index contributed by atoms with van der Waals surface area (Å²) in [6.07, 6.45) is 0. The Labute approximate surface area is 373 Å². The first kappa shape index (κ1) is 31.5. The van der Waals surface area contributed by atoms with Crippen LogP contribution in [0.25, 0.3) is 93.9 Å². The number of aromatic nitrogens is 1. The first-order chi connectivity index (χ1) is 33.3. The van der Waals surface area contributed by atoms with Crippen molar-refractivity contribution >= 4 is 60.8 Å². The molecular formula is C60H40N2O.